The molecule has 8 aliphatic carbocycles. The van der Waals surface area contributed by atoms with Crippen LogP contribution in [0, 0.1) is 0 Å². The van der Waals surface area contributed by atoms with Crippen molar-refractivity contribution in [3.05, 3.63) is 209 Å². The van der Waals surface area contributed by atoms with Crippen LogP contribution in [0.25, 0.3) is 55.7 Å². The van der Waals surface area contributed by atoms with Gasteiger partial charge in [-0.2, -0.15) is 0 Å². The van der Waals surface area contributed by atoms with Crippen molar-refractivity contribution in [1.82, 2.24) is 0 Å². The zero-order chi connectivity index (χ0) is 58.1. The maximum Gasteiger partial charge on any atom is 0.0361 e. The molecule has 1 heteroatoms. The maximum absolute atomic E-state index is 2.57. The van der Waals surface area contributed by atoms with Crippen molar-refractivity contribution in [2.75, 3.05) is 0 Å². The summed E-state index contributed by atoms with van der Waals surface area (Å²) in [5.74, 6) is 0. The van der Waals surface area contributed by atoms with E-state index in [1.165, 1.54) is 131 Å². The van der Waals surface area contributed by atoms with Crippen LogP contribution in [0.1, 0.15) is 233 Å². The molecule has 0 N–H and O–H groups in total. The summed E-state index contributed by atoms with van der Waals surface area (Å²) in [6, 6.07) is 53.9. The minimum atomic E-state index is -0.0999. The van der Waals surface area contributed by atoms with Crippen molar-refractivity contribution < 1.29 is 0 Å². The molecule has 0 nitrogen and oxygen atoms in total. The Morgan fingerprint density at radius 1 is 0.215 bits per heavy atom. The highest BCUT2D eigenvalue weighted by Crippen LogP contribution is 2.51. The molecule has 0 radical (unpaired) electrons. The molecule has 0 aromatic carbocycles. The Hall–Kier alpha value is -5.76. The molecule has 0 atom stereocenters. The third-order valence-corrected chi connectivity index (χ3v) is 18.1. The van der Waals surface area contributed by atoms with Gasteiger partial charge in [0, 0.05) is 20.2 Å². The molecule has 0 spiro atoms. The molecule has 412 valence electrons. The van der Waals surface area contributed by atoms with E-state index in [9.17, 15) is 0 Å². The highest BCUT2D eigenvalue weighted by molar-refractivity contribution is 7.08. The summed E-state index contributed by atoms with van der Waals surface area (Å²) >= 11 is 1.97. The Morgan fingerprint density at radius 2 is 0.392 bits per heavy atom. The molecule has 79 heavy (non-hydrogen) atoms. The summed E-state index contributed by atoms with van der Waals surface area (Å²) in [4.78, 5) is 0. The quantitative estimate of drug-likeness (QED) is 0.165. The van der Waals surface area contributed by atoms with Gasteiger partial charge >= 0.3 is 0 Å². The first-order chi connectivity index (χ1) is 36.2. The van der Waals surface area contributed by atoms with Gasteiger partial charge in [0.25, 0.3) is 0 Å². The second-order valence-corrected chi connectivity index (χ2v) is 32.7. The average Bonchev–Trinajstić information content (AvgIpc) is 4.06. The second-order valence-electron chi connectivity index (χ2n) is 31.6. The largest absolute Gasteiger partial charge is 0.135 e. The van der Waals surface area contributed by atoms with Gasteiger partial charge in [0.2, 0.25) is 0 Å². The summed E-state index contributed by atoms with van der Waals surface area (Å²) in [6.07, 6.45) is 0. The lowest BCUT2D eigenvalue weighted by atomic mass is 9.85. The smallest absolute Gasteiger partial charge is 0.0361 e. The van der Waals surface area contributed by atoms with Gasteiger partial charge in [0.1, 0.15) is 0 Å². The van der Waals surface area contributed by atoms with Crippen molar-refractivity contribution in [2.24, 2.45) is 0 Å². The second kappa shape index (κ2) is 19.5. The highest BCUT2D eigenvalue weighted by Gasteiger charge is 2.34. The van der Waals surface area contributed by atoms with Crippen LogP contribution in [-0.4, -0.2) is 0 Å². The van der Waals surface area contributed by atoms with Crippen LogP contribution in [0.15, 0.2) is 133 Å². The van der Waals surface area contributed by atoms with E-state index in [2.05, 4.69) is 300 Å². The molecule has 0 saturated carbocycles. The number of fused-ring (bicyclic) bond motifs is 4. The molecule has 1 heterocycles. The molecule has 0 bridgehead atoms. The zero-order valence-corrected chi connectivity index (χ0v) is 53.9. The van der Waals surface area contributed by atoms with E-state index in [-0.39, 0.29) is 43.3 Å². The van der Waals surface area contributed by atoms with E-state index in [1.807, 2.05) is 11.3 Å². The Kier molecular flexibility index (Phi) is 14.3. The predicted molar refractivity (Wildman–Crippen MR) is 349 cm³/mol. The molecule has 1 aromatic heterocycles. The van der Waals surface area contributed by atoms with Crippen LogP contribution in [0.5, 0.6) is 0 Å². The highest BCUT2D eigenvalue weighted by atomic mass is 32.1. The SMILES string of the molecule is CC(C)(C)c1ccc2c(C(c3cc(C(C)(C)C)c4ccc(C(C)(C)C)ccc3-4)=c3ccc(=C(c4cc(C(C)(C)C)c5ccc(C(C)(C)C)ccc4-5)c4cc(C(C)(C)C)c5ccc(C(C)(C)C)ccc4-5)s3)cc(C(C)(C)C)c-2cc1. The van der Waals surface area contributed by atoms with E-state index < -0.39 is 0 Å². The van der Waals surface area contributed by atoms with E-state index in [0.717, 1.165) is 0 Å². The van der Waals surface area contributed by atoms with Crippen LogP contribution in [0.3, 0.4) is 0 Å². The normalized spacial score (nSPS) is 13.6. The molecule has 0 amide bonds. The topological polar surface area (TPSA) is 0 Å². The summed E-state index contributed by atoms with van der Waals surface area (Å²) in [7, 11) is 0. The summed E-state index contributed by atoms with van der Waals surface area (Å²) in [5, 5.41) is 0. The van der Waals surface area contributed by atoms with Crippen molar-refractivity contribution in [3.63, 3.8) is 0 Å². The zero-order valence-electron chi connectivity index (χ0n) is 53.1. The van der Waals surface area contributed by atoms with E-state index in [1.54, 1.807) is 0 Å². The van der Waals surface area contributed by atoms with E-state index in [4.69, 9.17) is 0 Å². The third kappa shape index (κ3) is 11.1. The van der Waals surface area contributed by atoms with Crippen molar-refractivity contribution in [1.29, 1.82) is 0 Å². The Labute approximate surface area is 482 Å². The van der Waals surface area contributed by atoms with E-state index >= 15 is 0 Å². The Bertz CT molecular complexity index is 3290. The summed E-state index contributed by atoms with van der Waals surface area (Å²) < 4.78 is 2.55. The average molecular weight is 1060 g/mol. The molecular weight excluding hydrogens is 969 g/mol. The van der Waals surface area contributed by atoms with Gasteiger partial charge < -0.3 is 0 Å². The number of rotatable bonds is 4. The van der Waals surface area contributed by atoms with Crippen LogP contribution in [0.2, 0.25) is 0 Å². The Morgan fingerprint density at radius 3 is 0.557 bits per heavy atom. The van der Waals surface area contributed by atoms with Crippen LogP contribution in [0.4, 0.5) is 0 Å². The van der Waals surface area contributed by atoms with Crippen LogP contribution in [-0.2, 0) is 43.3 Å². The first kappa shape index (κ1) is 57.9. The van der Waals surface area contributed by atoms with Gasteiger partial charge in [-0.1, -0.05) is 263 Å². The van der Waals surface area contributed by atoms with Gasteiger partial charge in [0.05, 0.1) is 0 Å². The predicted octanol–water partition coefficient (Wildman–Crippen LogP) is 21.0. The minimum Gasteiger partial charge on any atom is -0.135 e. The lowest BCUT2D eigenvalue weighted by Crippen LogP contribution is -2.11. The molecule has 0 unspecified atom stereocenters. The molecule has 0 aliphatic heterocycles. The molecule has 0 saturated heterocycles. The number of hydrogen-bond acceptors (Lipinski definition) is 1. The lowest BCUT2D eigenvalue weighted by molar-refractivity contribution is 0.590. The standard InChI is InChI=1S/C78H94S/c1-71(2,3)47-25-33-51-55(37-29-47)63(75(13,14)15)43-59(51)69(60-44-64(76(16,17)18)56-38-30-48(72(4,5)6)26-34-52(56)60)67-41-42-68(79-67)70(61-45-65(77(19,20)21)57-39-31-49(73(7,8)9)27-35-53(57)61)62-46-66(78(22,23)24)58-40-32-50(74(10,11)12)28-36-54(58)62/h25-46H,1-24H3. The molecular formula is C78H94S. The molecule has 9 rings (SSSR count). The van der Waals surface area contributed by atoms with Crippen LogP contribution < -0.4 is 9.06 Å². The fourth-order valence-electron chi connectivity index (χ4n) is 12.1. The fourth-order valence-corrected chi connectivity index (χ4v) is 13.3. The molecule has 8 aliphatic rings. The van der Waals surface area contributed by atoms with Gasteiger partial charge in [-0.15, -0.1) is 11.3 Å². The number of hydrogen-bond donors (Lipinski definition) is 0. The minimum absolute atomic E-state index is 0.00463. The van der Waals surface area contributed by atoms with Gasteiger partial charge in [-0.25, -0.2) is 0 Å². The molecule has 0 fully saturated rings. The van der Waals surface area contributed by atoms with Gasteiger partial charge in [-0.05, 0) is 191 Å². The fraction of sp³-hybridized carbons (Fsp3) is 0.410. The first-order valence-electron chi connectivity index (χ1n) is 29.4. The maximum atomic E-state index is 2.57. The summed E-state index contributed by atoms with van der Waals surface area (Å²) in [5.41, 5.74) is 28.7. The summed E-state index contributed by atoms with van der Waals surface area (Å²) in [6.45, 7) is 56.7. The van der Waals surface area contributed by atoms with Gasteiger partial charge in [-0.3, -0.25) is 0 Å². The van der Waals surface area contributed by atoms with Crippen molar-refractivity contribution in [2.45, 2.75) is 209 Å². The van der Waals surface area contributed by atoms with E-state index in [0.29, 0.717) is 0 Å². The lowest BCUT2D eigenvalue weighted by Gasteiger charge is -2.19. The number of thiophene rings is 1. The third-order valence-electron chi connectivity index (χ3n) is 16.9. The Balaban J connectivity index is 1.54. The molecule has 1 aromatic rings. The van der Waals surface area contributed by atoms with Crippen molar-refractivity contribution in [3.8, 4) is 44.5 Å². The van der Waals surface area contributed by atoms with Crippen LogP contribution >= 0.6 is 11.3 Å². The monoisotopic (exact) mass is 1060 g/mol. The first-order valence-corrected chi connectivity index (χ1v) is 30.2. The van der Waals surface area contributed by atoms with Gasteiger partial charge in [0.15, 0.2) is 0 Å². The van der Waals surface area contributed by atoms with Crippen molar-refractivity contribution >= 4 is 22.5 Å².